The molecule has 0 aliphatic carbocycles. The SMILES string of the molecule is O=[C]Nc1cncc2ccccc12. The highest BCUT2D eigenvalue weighted by atomic mass is 16.1. The molecule has 2 aromatic rings. The van der Waals surface area contributed by atoms with E-state index in [1.54, 1.807) is 18.8 Å². The normalized spacial score (nSPS) is 9.85. The van der Waals surface area contributed by atoms with Crippen molar-refractivity contribution in [2.75, 3.05) is 5.32 Å². The maximum absolute atomic E-state index is 10.2. The van der Waals surface area contributed by atoms with Gasteiger partial charge < -0.3 is 5.32 Å². The van der Waals surface area contributed by atoms with Crippen molar-refractivity contribution in [2.24, 2.45) is 0 Å². The van der Waals surface area contributed by atoms with Crippen LogP contribution in [0.1, 0.15) is 0 Å². The van der Waals surface area contributed by atoms with Gasteiger partial charge in [-0.1, -0.05) is 24.3 Å². The first-order chi connectivity index (χ1) is 6.42. The van der Waals surface area contributed by atoms with E-state index in [0.29, 0.717) is 5.69 Å². The average molecular weight is 171 g/mol. The summed E-state index contributed by atoms with van der Waals surface area (Å²) >= 11 is 0. The predicted octanol–water partition coefficient (Wildman–Crippen LogP) is 1.71. The van der Waals surface area contributed by atoms with Crippen LogP contribution in [0.2, 0.25) is 0 Å². The molecule has 1 aromatic carbocycles. The molecule has 0 atom stereocenters. The van der Waals surface area contributed by atoms with Crippen LogP contribution in [0.4, 0.5) is 5.69 Å². The summed E-state index contributed by atoms with van der Waals surface area (Å²) < 4.78 is 0. The molecule has 1 amide bonds. The molecule has 0 aliphatic heterocycles. The number of amides is 1. The van der Waals surface area contributed by atoms with Crippen LogP contribution >= 0.6 is 0 Å². The van der Waals surface area contributed by atoms with Gasteiger partial charge in [0.05, 0.1) is 11.9 Å². The fraction of sp³-hybridized carbons (Fsp3) is 0. The number of nitrogens with one attached hydrogen (secondary N) is 1. The zero-order chi connectivity index (χ0) is 9.10. The highest BCUT2D eigenvalue weighted by Crippen LogP contribution is 2.20. The van der Waals surface area contributed by atoms with E-state index in [2.05, 4.69) is 10.3 Å². The molecule has 0 aliphatic rings. The minimum absolute atomic E-state index is 0.688. The highest BCUT2D eigenvalue weighted by Gasteiger charge is 1.98. The Kier molecular flexibility index (Phi) is 1.92. The van der Waals surface area contributed by atoms with Crippen molar-refractivity contribution in [3.63, 3.8) is 0 Å². The van der Waals surface area contributed by atoms with E-state index < -0.39 is 0 Å². The van der Waals surface area contributed by atoms with Crippen molar-refractivity contribution in [1.29, 1.82) is 0 Å². The van der Waals surface area contributed by atoms with Gasteiger partial charge in [-0.2, -0.15) is 0 Å². The molecule has 1 aromatic heterocycles. The van der Waals surface area contributed by atoms with Crippen molar-refractivity contribution >= 4 is 22.9 Å². The van der Waals surface area contributed by atoms with Gasteiger partial charge in [-0.05, 0) is 0 Å². The molecule has 2 rings (SSSR count). The molecule has 13 heavy (non-hydrogen) atoms. The van der Waals surface area contributed by atoms with Gasteiger partial charge in [0.25, 0.3) is 0 Å². The Hall–Kier alpha value is -1.90. The summed E-state index contributed by atoms with van der Waals surface area (Å²) in [6, 6.07) is 7.71. The van der Waals surface area contributed by atoms with Crippen molar-refractivity contribution in [1.82, 2.24) is 4.98 Å². The second kappa shape index (κ2) is 3.23. The van der Waals surface area contributed by atoms with E-state index >= 15 is 0 Å². The summed E-state index contributed by atoms with van der Waals surface area (Å²) in [6.07, 6.45) is 5.00. The van der Waals surface area contributed by atoms with E-state index in [9.17, 15) is 4.79 Å². The van der Waals surface area contributed by atoms with Gasteiger partial charge in [0.1, 0.15) is 0 Å². The molecule has 1 N–H and O–H groups in total. The van der Waals surface area contributed by atoms with Crippen LogP contribution in [0.15, 0.2) is 36.7 Å². The second-order valence-corrected chi connectivity index (χ2v) is 2.64. The third-order valence-corrected chi connectivity index (χ3v) is 1.85. The lowest BCUT2D eigenvalue weighted by Gasteiger charge is -2.01. The molecule has 0 saturated heterocycles. The molecule has 0 saturated carbocycles. The molecule has 0 bridgehead atoms. The van der Waals surface area contributed by atoms with E-state index in [-0.39, 0.29) is 0 Å². The predicted molar refractivity (Wildman–Crippen MR) is 51.1 cm³/mol. The first-order valence-corrected chi connectivity index (χ1v) is 3.88. The Morgan fingerprint density at radius 3 is 2.92 bits per heavy atom. The molecule has 3 heteroatoms. The van der Waals surface area contributed by atoms with Crippen LogP contribution in [0.5, 0.6) is 0 Å². The van der Waals surface area contributed by atoms with Crippen LogP contribution in [0.25, 0.3) is 10.8 Å². The van der Waals surface area contributed by atoms with Crippen molar-refractivity contribution in [2.45, 2.75) is 0 Å². The van der Waals surface area contributed by atoms with Crippen LogP contribution in [0.3, 0.4) is 0 Å². The number of aromatic nitrogens is 1. The molecule has 3 nitrogen and oxygen atoms in total. The number of hydrogen-bond acceptors (Lipinski definition) is 2. The monoisotopic (exact) mass is 171 g/mol. The topological polar surface area (TPSA) is 42.0 Å². The number of carbonyl (C=O) groups excluding carboxylic acids is 1. The van der Waals surface area contributed by atoms with Crippen LogP contribution in [-0.2, 0) is 4.79 Å². The van der Waals surface area contributed by atoms with E-state index in [4.69, 9.17) is 0 Å². The third-order valence-electron chi connectivity index (χ3n) is 1.85. The number of anilines is 1. The molecule has 1 heterocycles. The average Bonchev–Trinajstić information content (AvgIpc) is 2.19. The van der Waals surface area contributed by atoms with Crippen LogP contribution in [0, 0.1) is 0 Å². The largest absolute Gasteiger partial charge is 0.316 e. The smallest absolute Gasteiger partial charge is 0.314 e. The zero-order valence-electron chi connectivity index (χ0n) is 6.82. The quantitative estimate of drug-likeness (QED) is 0.699. The van der Waals surface area contributed by atoms with Crippen molar-refractivity contribution in [3.05, 3.63) is 36.7 Å². The maximum Gasteiger partial charge on any atom is 0.314 e. The maximum atomic E-state index is 10.2. The first-order valence-electron chi connectivity index (χ1n) is 3.88. The molecule has 0 spiro atoms. The van der Waals surface area contributed by atoms with Gasteiger partial charge in [0, 0.05) is 17.0 Å². The van der Waals surface area contributed by atoms with E-state index in [0.717, 1.165) is 10.8 Å². The number of pyridine rings is 1. The zero-order valence-corrected chi connectivity index (χ0v) is 6.82. The van der Waals surface area contributed by atoms with Crippen LogP contribution in [-0.4, -0.2) is 11.4 Å². The Morgan fingerprint density at radius 2 is 2.08 bits per heavy atom. The van der Waals surface area contributed by atoms with E-state index in [1.165, 1.54) is 0 Å². The van der Waals surface area contributed by atoms with Crippen LogP contribution < -0.4 is 5.32 Å². The summed E-state index contributed by atoms with van der Waals surface area (Å²) in [7, 11) is 0. The van der Waals surface area contributed by atoms with Crippen molar-refractivity contribution < 1.29 is 4.79 Å². The van der Waals surface area contributed by atoms with Gasteiger partial charge in [-0.3, -0.25) is 9.78 Å². The van der Waals surface area contributed by atoms with Crippen molar-refractivity contribution in [3.8, 4) is 0 Å². The Balaban J connectivity index is 2.68. The molecule has 1 radical (unpaired) electrons. The number of rotatable bonds is 2. The van der Waals surface area contributed by atoms with Gasteiger partial charge in [-0.25, -0.2) is 0 Å². The highest BCUT2D eigenvalue weighted by molar-refractivity contribution is 5.96. The molecule has 0 fully saturated rings. The summed E-state index contributed by atoms with van der Waals surface area (Å²) in [5.74, 6) is 0. The Morgan fingerprint density at radius 1 is 1.23 bits per heavy atom. The summed E-state index contributed by atoms with van der Waals surface area (Å²) in [5.41, 5.74) is 0.688. The molecule has 63 valence electrons. The third kappa shape index (κ3) is 1.36. The second-order valence-electron chi connectivity index (χ2n) is 2.64. The fourth-order valence-electron chi connectivity index (χ4n) is 1.27. The Bertz CT molecular complexity index is 434. The van der Waals surface area contributed by atoms with E-state index in [1.807, 2.05) is 24.3 Å². The van der Waals surface area contributed by atoms with Gasteiger partial charge in [0.2, 0.25) is 0 Å². The standard InChI is InChI=1S/C10H7N2O/c13-7-12-10-6-11-5-8-3-1-2-4-9(8)10/h1-6H,(H,12,13). The number of benzene rings is 1. The summed E-state index contributed by atoms with van der Waals surface area (Å²) in [4.78, 5) is 14.1. The minimum atomic E-state index is 0.688. The minimum Gasteiger partial charge on any atom is -0.316 e. The summed E-state index contributed by atoms with van der Waals surface area (Å²) in [6.45, 7) is 0. The molecular formula is C10H7N2O. The number of hydrogen-bond donors (Lipinski definition) is 1. The lowest BCUT2D eigenvalue weighted by Crippen LogP contribution is -1.94. The fourth-order valence-corrected chi connectivity index (χ4v) is 1.27. The lowest BCUT2D eigenvalue weighted by atomic mass is 10.1. The van der Waals surface area contributed by atoms with Gasteiger partial charge in [0.15, 0.2) is 0 Å². The summed E-state index contributed by atoms with van der Waals surface area (Å²) in [5, 5.41) is 4.46. The Labute approximate surface area is 75.4 Å². The molecular weight excluding hydrogens is 164 g/mol. The number of fused-ring (bicyclic) bond motifs is 1. The van der Waals surface area contributed by atoms with Gasteiger partial charge in [-0.15, -0.1) is 0 Å². The van der Waals surface area contributed by atoms with Gasteiger partial charge >= 0.3 is 6.41 Å². The first kappa shape index (κ1) is 7.73. The number of nitrogens with zero attached hydrogens (tertiary/aromatic N) is 1. The lowest BCUT2D eigenvalue weighted by molar-refractivity contribution is 0.561. The molecule has 0 unspecified atom stereocenters.